The van der Waals surface area contributed by atoms with E-state index in [1.807, 2.05) is 13.0 Å². The number of nitrogens with zero attached hydrogens (tertiary/aromatic N) is 2. The Labute approximate surface area is 102 Å². The standard InChI is InChI=1S/C12H20N4O/c1-4-6-8-17-12-9(3)11(16-13)14-10(15-12)7-5-2/h4H,1,5-8,13H2,2-3H3,(H,14,15,16). The summed E-state index contributed by atoms with van der Waals surface area (Å²) < 4.78 is 5.59. The van der Waals surface area contributed by atoms with E-state index in [1.165, 1.54) is 0 Å². The van der Waals surface area contributed by atoms with Crippen LogP contribution in [-0.4, -0.2) is 16.6 Å². The van der Waals surface area contributed by atoms with Gasteiger partial charge in [-0.15, -0.1) is 6.58 Å². The lowest BCUT2D eigenvalue weighted by Gasteiger charge is -2.12. The summed E-state index contributed by atoms with van der Waals surface area (Å²) >= 11 is 0. The zero-order valence-corrected chi connectivity index (χ0v) is 10.5. The average Bonchev–Trinajstić information content (AvgIpc) is 2.33. The highest BCUT2D eigenvalue weighted by molar-refractivity contribution is 5.47. The molecular weight excluding hydrogens is 216 g/mol. The molecule has 0 bridgehead atoms. The van der Waals surface area contributed by atoms with Crippen molar-refractivity contribution in [3.63, 3.8) is 0 Å². The zero-order valence-electron chi connectivity index (χ0n) is 10.5. The van der Waals surface area contributed by atoms with E-state index < -0.39 is 0 Å². The van der Waals surface area contributed by atoms with Crippen molar-refractivity contribution in [2.45, 2.75) is 33.1 Å². The largest absolute Gasteiger partial charge is 0.477 e. The molecule has 0 unspecified atom stereocenters. The van der Waals surface area contributed by atoms with Crippen LogP contribution < -0.4 is 16.0 Å². The Morgan fingerprint density at radius 3 is 2.82 bits per heavy atom. The van der Waals surface area contributed by atoms with Gasteiger partial charge in [0, 0.05) is 6.42 Å². The minimum Gasteiger partial charge on any atom is -0.477 e. The molecule has 0 aliphatic heterocycles. The summed E-state index contributed by atoms with van der Waals surface area (Å²) in [5.74, 6) is 7.39. The van der Waals surface area contributed by atoms with Crippen molar-refractivity contribution in [2.75, 3.05) is 12.0 Å². The smallest absolute Gasteiger partial charge is 0.221 e. The minimum atomic E-state index is 0.566. The molecule has 94 valence electrons. The summed E-state index contributed by atoms with van der Waals surface area (Å²) in [5, 5.41) is 0. The summed E-state index contributed by atoms with van der Waals surface area (Å²) in [4.78, 5) is 8.70. The van der Waals surface area contributed by atoms with Gasteiger partial charge in [-0.2, -0.15) is 4.98 Å². The van der Waals surface area contributed by atoms with Gasteiger partial charge in [-0.05, 0) is 19.8 Å². The van der Waals surface area contributed by atoms with Gasteiger partial charge in [-0.3, -0.25) is 0 Å². The molecule has 0 spiro atoms. The molecule has 0 aromatic carbocycles. The SMILES string of the molecule is C=CCCOc1nc(CCC)nc(NN)c1C. The van der Waals surface area contributed by atoms with E-state index in [0.29, 0.717) is 18.3 Å². The fourth-order valence-electron chi connectivity index (χ4n) is 1.40. The fraction of sp³-hybridized carbons (Fsp3) is 0.500. The Balaban J connectivity index is 2.91. The third kappa shape index (κ3) is 3.71. The monoisotopic (exact) mass is 236 g/mol. The summed E-state index contributed by atoms with van der Waals surface area (Å²) in [7, 11) is 0. The molecule has 1 aromatic rings. The maximum atomic E-state index is 5.59. The van der Waals surface area contributed by atoms with Crippen molar-refractivity contribution in [1.29, 1.82) is 0 Å². The zero-order chi connectivity index (χ0) is 12.7. The maximum absolute atomic E-state index is 5.59. The predicted molar refractivity (Wildman–Crippen MR) is 68.9 cm³/mol. The lowest BCUT2D eigenvalue weighted by atomic mass is 10.3. The van der Waals surface area contributed by atoms with Crippen LogP contribution in [-0.2, 0) is 6.42 Å². The van der Waals surface area contributed by atoms with Gasteiger partial charge < -0.3 is 10.2 Å². The van der Waals surface area contributed by atoms with Crippen molar-refractivity contribution in [1.82, 2.24) is 9.97 Å². The molecule has 3 N–H and O–H groups in total. The van der Waals surface area contributed by atoms with Crippen LogP contribution in [0.4, 0.5) is 5.82 Å². The van der Waals surface area contributed by atoms with Gasteiger partial charge in [0.2, 0.25) is 5.88 Å². The van der Waals surface area contributed by atoms with E-state index in [1.54, 1.807) is 0 Å². The molecule has 0 aliphatic carbocycles. The first-order valence-corrected chi connectivity index (χ1v) is 5.80. The van der Waals surface area contributed by atoms with Crippen LogP contribution in [0.5, 0.6) is 5.88 Å². The number of hydrazine groups is 1. The Kier molecular flexibility index (Phi) is 5.42. The lowest BCUT2D eigenvalue weighted by molar-refractivity contribution is 0.308. The normalized spacial score (nSPS) is 10.1. The van der Waals surface area contributed by atoms with Crippen LogP contribution in [0.3, 0.4) is 0 Å². The lowest BCUT2D eigenvalue weighted by Crippen LogP contribution is -2.14. The number of aryl methyl sites for hydroxylation is 1. The van der Waals surface area contributed by atoms with Crippen molar-refractivity contribution >= 4 is 5.82 Å². The molecule has 0 fully saturated rings. The molecule has 17 heavy (non-hydrogen) atoms. The Morgan fingerprint density at radius 2 is 2.24 bits per heavy atom. The highest BCUT2D eigenvalue weighted by atomic mass is 16.5. The molecule has 1 heterocycles. The second-order valence-corrected chi connectivity index (χ2v) is 3.74. The number of anilines is 1. The van der Waals surface area contributed by atoms with E-state index in [9.17, 15) is 0 Å². The van der Waals surface area contributed by atoms with Crippen LogP contribution in [0.15, 0.2) is 12.7 Å². The van der Waals surface area contributed by atoms with Gasteiger partial charge >= 0.3 is 0 Å². The van der Waals surface area contributed by atoms with Crippen LogP contribution in [0.2, 0.25) is 0 Å². The topological polar surface area (TPSA) is 73.1 Å². The van der Waals surface area contributed by atoms with E-state index in [-0.39, 0.29) is 0 Å². The first kappa shape index (κ1) is 13.4. The number of nitrogens with one attached hydrogen (secondary N) is 1. The van der Waals surface area contributed by atoms with Gasteiger partial charge in [-0.25, -0.2) is 10.8 Å². The van der Waals surface area contributed by atoms with Gasteiger partial charge in [0.05, 0.1) is 12.2 Å². The average molecular weight is 236 g/mol. The van der Waals surface area contributed by atoms with Gasteiger partial charge in [-0.1, -0.05) is 13.0 Å². The van der Waals surface area contributed by atoms with Crippen LogP contribution in [0, 0.1) is 6.92 Å². The van der Waals surface area contributed by atoms with Crippen LogP contribution >= 0.6 is 0 Å². The van der Waals surface area contributed by atoms with Gasteiger partial charge in [0.15, 0.2) is 0 Å². The van der Waals surface area contributed by atoms with Crippen LogP contribution in [0.1, 0.15) is 31.2 Å². The Bertz CT molecular complexity index is 379. The van der Waals surface area contributed by atoms with E-state index in [4.69, 9.17) is 10.6 Å². The highest BCUT2D eigenvalue weighted by Crippen LogP contribution is 2.21. The summed E-state index contributed by atoms with van der Waals surface area (Å²) in [5.41, 5.74) is 3.40. The number of aromatic nitrogens is 2. The number of hydrogen-bond donors (Lipinski definition) is 2. The Morgan fingerprint density at radius 1 is 1.47 bits per heavy atom. The fourth-order valence-corrected chi connectivity index (χ4v) is 1.40. The summed E-state index contributed by atoms with van der Waals surface area (Å²) in [6.07, 6.45) is 4.40. The van der Waals surface area contributed by atoms with Crippen molar-refractivity contribution in [3.8, 4) is 5.88 Å². The van der Waals surface area contributed by atoms with Crippen molar-refractivity contribution in [2.24, 2.45) is 5.84 Å². The molecule has 1 rings (SSSR count). The van der Waals surface area contributed by atoms with Gasteiger partial charge in [0.1, 0.15) is 11.6 Å². The van der Waals surface area contributed by atoms with Crippen molar-refractivity contribution < 1.29 is 4.74 Å². The number of rotatable bonds is 7. The molecule has 0 saturated carbocycles. The summed E-state index contributed by atoms with van der Waals surface area (Å²) in [6.45, 7) is 8.18. The third-order valence-corrected chi connectivity index (χ3v) is 2.32. The summed E-state index contributed by atoms with van der Waals surface area (Å²) in [6, 6.07) is 0. The Hall–Kier alpha value is -1.62. The predicted octanol–water partition coefficient (Wildman–Crippen LogP) is 1.98. The molecule has 0 saturated heterocycles. The third-order valence-electron chi connectivity index (χ3n) is 2.32. The first-order valence-electron chi connectivity index (χ1n) is 5.80. The molecule has 0 amide bonds. The van der Waals surface area contributed by atoms with E-state index in [0.717, 1.165) is 30.7 Å². The first-order chi connectivity index (χ1) is 8.22. The number of nitrogens with two attached hydrogens (primary N) is 1. The molecule has 5 heteroatoms. The van der Waals surface area contributed by atoms with E-state index >= 15 is 0 Å². The van der Waals surface area contributed by atoms with Crippen LogP contribution in [0.25, 0.3) is 0 Å². The molecular formula is C12H20N4O. The molecule has 0 atom stereocenters. The second kappa shape index (κ2) is 6.85. The molecule has 0 radical (unpaired) electrons. The van der Waals surface area contributed by atoms with Gasteiger partial charge in [0.25, 0.3) is 0 Å². The maximum Gasteiger partial charge on any atom is 0.221 e. The number of nitrogen functional groups attached to an aromatic ring is 1. The number of hydrogen-bond acceptors (Lipinski definition) is 5. The number of ether oxygens (including phenoxy) is 1. The molecule has 5 nitrogen and oxygen atoms in total. The highest BCUT2D eigenvalue weighted by Gasteiger charge is 2.10. The molecule has 1 aromatic heterocycles. The molecule has 0 aliphatic rings. The van der Waals surface area contributed by atoms with Crippen molar-refractivity contribution in [3.05, 3.63) is 24.0 Å². The minimum absolute atomic E-state index is 0.566. The quantitative estimate of drug-likeness (QED) is 0.328. The second-order valence-electron chi connectivity index (χ2n) is 3.74. The van der Waals surface area contributed by atoms with E-state index in [2.05, 4.69) is 28.9 Å².